The molecule has 1 heterocycles. The van der Waals surface area contributed by atoms with Crippen molar-refractivity contribution in [3.05, 3.63) is 53.6 Å². The van der Waals surface area contributed by atoms with Crippen LogP contribution in [0.3, 0.4) is 0 Å². The first-order valence-electron chi connectivity index (χ1n) is 8.23. The van der Waals surface area contributed by atoms with Gasteiger partial charge in [-0.05, 0) is 54.8 Å². The molecule has 2 aromatic rings. The molecule has 7 heteroatoms. The number of benzene rings is 2. The lowest BCUT2D eigenvalue weighted by Crippen LogP contribution is -2.35. The van der Waals surface area contributed by atoms with E-state index in [0.29, 0.717) is 24.3 Å². The molecule has 1 amide bonds. The third-order valence-corrected chi connectivity index (χ3v) is 5.84. The Hall–Kier alpha value is -2.38. The molecule has 1 aliphatic heterocycles. The molecule has 0 saturated carbocycles. The van der Waals surface area contributed by atoms with Crippen molar-refractivity contribution in [3.8, 4) is 0 Å². The maximum absolute atomic E-state index is 12.9. The van der Waals surface area contributed by atoms with Gasteiger partial charge in [-0.1, -0.05) is 13.0 Å². The van der Waals surface area contributed by atoms with Gasteiger partial charge >= 0.3 is 0 Å². The number of amides is 1. The number of carbonyl (C=O) groups is 1. The largest absolute Gasteiger partial charge is 0.398 e. The van der Waals surface area contributed by atoms with Crippen LogP contribution in [0.5, 0.6) is 0 Å². The van der Waals surface area contributed by atoms with Crippen LogP contribution in [-0.4, -0.2) is 27.4 Å². The first-order chi connectivity index (χ1) is 11.9. The molecule has 0 aliphatic carbocycles. The molecule has 0 saturated heterocycles. The Kier molecular flexibility index (Phi) is 4.78. The van der Waals surface area contributed by atoms with E-state index >= 15 is 0 Å². The number of rotatable bonds is 4. The van der Waals surface area contributed by atoms with Crippen molar-refractivity contribution < 1.29 is 13.2 Å². The predicted octanol–water partition coefficient (Wildman–Crippen LogP) is 2.16. The number of hydrogen-bond donors (Lipinski definition) is 2. The topological polar surface area (TPSA) is 92.5 Å². The number of nitrogens with two attached hydrogens (primary N) is 1. The highest BCUT2D eigenvalue weighted by atomic mass is 32.2. The van der Waals surface area contributed by atoms with Gasteiger partial charge in [-0.3, -0.25) is 4.79 Å². The van der Waals surface area contributed by atoms with Crippen molar-refractivity contribution in [2.45, 2.75) is 24.7 Å². The second kappa shape index (κ2) is 6.85. The van der Waals surface area contributed by atoms with E-state index in [0.717, 1.165) is 24.1 Å². The molecule has 0 fully saturated rings. The zero-order valence-electron chi connectivity index (χ0n) is 14.0. The fraction of sp³-hybridized carbons (Fsp3) is 0.278. The van der Waals surface area contributed by atoms with Gasteiger partial charge in [0.1, 0.15) is 0 Å². The van der Waals surface area contributed by atoms with Gasteiger partial charge in [0.05, 0.1) is 4.90 Å². The summed E-state index contributed by atoms with van der Waals surface area (Å²) in [5.41, 5.74) is 9.00. The molecule has 6 nitrogen and oxygen atoms in total. The van der Waals surface area contributed by atoms with Crippen molar-refractivity contribution in [3.63, 3.8) is 0 Å². The van der Waals surface area contributed by atoms with Crippen LogP contribution in [0.1, 0.15) is 29.3 Å². The summed E-state index contributed by atoms with van der Waals surface area (Å²) in [7, 11) is -3.52. The minimum Gasteiger partial charge on any atom is -0.398 e. The molecule has 0 spiro atoms. The van der Waals surface area contributed by atoms with Gasteiger partial charge in [0.2, 0.25) is 10.0 Å². The van der Waals surface area contributed by atoms with Crippen LogP contribution < -0.4 is 15.4 Å². The summed E-state index contributed by atoms with van der Waals surface area (Å²) in [4.78, 5) is 14.7. The van der Waals surface area contributed by atoms with Gasteiger partial charge in [-0.25, -0.2) is 13.1 Å². The number of carbonyl (C=O) groups excluding carboxylic acids is 1. The number of anilines is 2. The molecule has 0 aromatic heterocycles. The molecule has 3 rings (SSSR count). The molecule has 3 N–H and O–H groups in total. The van der Waals surface area contributed by atoms with E-state index in [4.69, 9.17) is 5.73 Å². The minimum atomic E-state index is -3.52. The molecule has 2 aromatic carbocycles. The third-order valence-electron chi connectivity index (χ3n) is 4.28. The molecule has 1 aliphatic rings. The lowest BCUT2D eigenvalue weighted by molar-refractivity contribution is 0.0985. The highest BCUT2D eigenvalue weighted by Crippen LogP contribution is 2.32. The smallest absolute Gasteiger partial charge is 0.258 e. The normalized spacial score (nSPS) is 14.2. The number of hydrogen-bond acceptors (Lipinski definition) is 4. The number of nitrogens with zero attached hydrogens (tertiary/aromatic N) is 1. The van der Waals surface area contributed by atoms with Crippen molar-refractivity contribution in [2.75, 3.05) is 23.7 Å². The standard InChI is InChI=1S/C18H21N3O3S/c1-2-20-25(23,24)14-10-8-13(9-11-14)18(22)21-12-4-5-15-16(19)6-3-7-17(15)21/h3,6-11,20H,2,4-5,12,19H2,1H3. The SMILES string of the molecule is CCNS(=O)(=O)c1ccc(C(=O)N2CCCc3c(N)cccc32)cc1. The summed E-state index contributed by atoms with van der Waals surface area (Å²) >= 11 is 0. The second-order valence-corrected chi connectivity index (χ2v) is 7.70. The summed E-state index contributed by atoms with van der Waals surface area (Å²) in [6, 6.07) is 11.6. The van der Waals surface area contributed by atoms with Crippen molar-refractivity contribution >= 4 is 27.3 Å². The Morgan fingerprint density at radius 3 is 2.60 bits per heavy atom. The Labute approximate surface area is 147 Å². The summed E-state index contributed by atoms with van der Waals surface area (Å²) in [6.45, 7) is 2.65. The Morgan fingerprint density at radius 2 is 1.92 bits per heavy atom. The molecule has 25 heavy (non-hydrogen) atoms. The molecule has 0 atom stereocenters. The molecular weight excluding hydrogens is 338 g/mol. The molecular formula is C18H21N3O3S. The molecule has 0 radical (unpaired) electrons. The summed E-state index contributed by atoms with van der Waals surface area (Å²) in [6.07, 6.45) is 1.70. The fourth-order valence-corrected chi connectivity index (χ4v) is 4.11. The quantitative estimate of drug-likeness (QED) is 0.818. The van der Waals surface area contributed by atoms with E-state index in [2.05, 4.69) is 4.72 Å². The minimum absolute atomic E-state index is 0.147. The second-order valence-electron chi connectivity index (χ2n) is 5.93. The summed E-state index contributed by atoms with van der Waals surface area (Å²) in [5.74, 6) is -0.154. The third kappa shape index (κ3) is 3.38. The summed E-state index contributed by atoms with van der Waals surface area (Å²) in [5, 5.41) is 0. The van der Waals surface area contributed by atoms with Crippen LogP contribution in [0.15, 0.2) is 47.4 Å². The van der Waals surface area contributed by atoms with Gasteiger partial charge in [-0.2, -0.15) is 0 Å². The summed E-state index contributed by atoms with van der Waals surface area (Å²) < 4.78 is 26.4. The number of sulfonamides is 1. The van der Waals surface area contributed by atoms with E-state index in [1.807, 2.05) is 18.2 Å². The van der Waals surface area contributed by atoms with Gasteiger partial charge in [-0.15, -0.1) is 0 Å². The van der Waals surface area contributed by atoms with Crippen molar-refractivity contribution in [1.82, 2.24) is 4.72 Å². The van der Waals surface area contributed by atoms with E-state index in [1.165, 1.54) is 12.1 Å². The highest BCUT2D eigenvalue weighted by molar-refractivity contribution is 7.89. The molecule has 0 unspecified atom stereocenters. The van der Waals surface area contributed by atoms with Crippen LogP contribution >= 0.6 is 0 Å². The first-order valence-corrected chi connectivity index (χ1v) is 9.71. The predicted molar refractivity (Wildman–Crippen MR) is 98.2 cm³/mol. The maximum atomic E-state index is 12.9. The zero-order chi connectivity index (χ0) is 18.0. The van der Waals surface area contributed by atoms with Gasteiger partial charge < -0.3 is 10.6 Å². The van der Waals surface area contributed by atoms with E-state index in [-0.39, 0.29) is 10.8 Å². The fourth-order valence-electron chi connectivity index (χ4n) is 3.07. The first kappa shape index (κ1) is 17.4. The van der Waals surface area contributed by atoms with Crippen LogP contribution in [0, 0.1) is 0 Å². The van der Waals surface area contributed by atoms with Gasteiger partial charge in [0.15, 0.2) is 0 Å². The number of fused-ring (bicyclic) bond motifs is 1. The average Bonchev–Trinajstić information content (AvgIpc) is 2.61. The van der Waals surface area contributed by atoms with Crippen molar-refractivity contribution in [2.24, 2.45) is 0 Å². The van der Waals surface area contributed by atoms with Crippen LogP contribution in [0.4, 0.5) is 11.4 Å². The zero-order valence-corrected chi connectivity index (χ0v) is 14.8. The number of nitrogens with one attached hydrogen (secondary N) is 1. The van der Waals surface area contributed by atoms with E-state index in [1.54, 1.807) is 24.0 Å². The van der Waals surface area contributed by atoms with Gasteiger partial charge in [0.25, 0.3) is 5.91 Å². The van der Waals surface area contributed by atoms with Crippen LogP contribution in [-0.2, 0) is 16.4 Å². The average molecular weight is 359 g/mol. The number of nitrogen functional groups attached to an aromatic ring is 1. The monoisotopic (exact) mass is 359 g/mol. The Morgan fingerprint density at radius 1 is 1.20 bits per heavy atom. The van der Waals surface area contributed by atoms with E-state index in [9.17, 15) is 13.2 Å². The van der Waals surface area contributed by atoms with Crippen LogP contribution in [0.2, 0.25) is 0 Å². The highest BCUT2D eigenvalue weighted by Gasteiger charge is 2.25. The molecule has 132 valence electrons. The lowest BCUT2D eigenvalue weighted by Gasteiger charge is -2.30. The Balaban J connectivity index is 1.89. The lowest BCUT2D eigenvalue weighted by atomic mass is 9.99. The maximum Gasteiger partial charge on any atom is 0.258 e. The van der Waals surface area contributed by atoms with Crippen LogP contribution in [0.25, 0.3) is 0 Å². The van der Waals surface area contributed by atoms with Crippen molar-refractivity contribution in [1.29, 1.82) is 0 Å². The Bertz CT molecular complexity index is 892. The van der Waals surface area contributed by atoms with E-state index < -0.39 is 10.0 Å². The molecule has 0 bridgehead atoms. The van der Waals surface area contributed by atoms with Gasteiger partial charge in [0, 0.05) is 30.0 Å².